The summed E-state index contributed by atoms with van der Waals surface area (Å²) in [6, 6.07) is 19.1. The van der Waals surface area contributed by atoms with Crippen LogP contribution in [0.25, 0.3) is 21.6 Å². The average Bonchev–Trinajstić information content (AvgIpc) is 3.23. The minimum absolute atomic E-state index is 0.0153. The van der Waals surface area contributed by atoms with Crippen LogP contribution >= 0.6 is 0 Å². The SMILES string of the molecule is Cc1c(CN2CCN(C(=O)OCC3c4ccccc4-c4ccccc43)CC2)cc(N=[N+]=[N-])cc1OS(=O)(=O)F. The maximum absolute atomic E-state index is 13.2. The summed E-state index contributed by atoms with van der Waals surface area (Å²) in [5.74, 6) is -0.256. The van der Waals surface area contributed by atoms with Crippen LogP contribution in [0, 0.1) is 6.92 Å². The van der Waals surface area contributed by atoms with Gasteiger partial charge in [-0.3, -0.25) is 4.90 Å². The molecule has 12 heteroatoms. The first kappa shape index (κ1) is 26.5. The summed E-state index contributed by atoms with van der Waals surface area (Å²) in [4.78, 5) is 19.4. The quantitative estimate of drug-likeness (QED) is 0.163. The van der Waals surface area contributed by atoms with E-state index in [0.717, 1.165) is 11.1 Å². The van der Waals surface area contributed by atoms with Crippen LogP contribution in [-0.2, 0) is 21.8 Å². The van der Waals surface area contributed by atoms with E-state index >= 15 is 0 Å². The second kappa shape index (κ2) is 10.9. The van der Waals surface area contributed by atoms with Gasteiger partial charge in [-0.25, -0.2) is 4.79 Å². The van der Waals surface area contributed by atoms with Gasteiger partial charge < -0.3 is 13.8 Å². The molecule has 0 aromatic heterocycles. The second-order valence-corrected chi connectivity index (χ2v) is 10.4. The lowest BCUT2D eigenvalue weighted by molar-refractivity contribution is 0.0728. The van der Waals surface area contributed by atoms with Crippen molar-refractivity contribution in [1.82, 2.24) is 9.80 Å². The maximum Gasteiger partial charge on any atom is 0.488 e. The summed E-state index contributed by atoms with van der Waals surface area (Å²) in [6.07, 6.45) is -0.373. The lowest BCUT2D eigenvalue weighted by Gasteiger charge is -2.34. The van der Waals surface area contributed by atoms with Crippen LogP contribution in [0.4, 0.5) is 14.4 Å². The maximum atomic E-state index is 13.2. The Morgan fingerprint density at radius 3 is 2.26 bits per heavy atom. The van der Waals surface area contributed by atoms with Crippen molar-refractivity contribution in [3.8, 4) is 16.9 Å². The van der Waals surface area contributed by atoms with Gasteiger partial charge in [0, 0.05) is 49.2 Å². The number of azide groups is 1. The highest BCUT2D eigenvalue weighted by Gasteiger charge is 2.30. The lowest BCUT2D eigenvalue weighted by Crippen LogP contribution is -2.48. The minimum Gasteiger partial charge on any atom is -0.448 e. The van der Waals surface area contributed by atoms with Crippen LogP contribution in [0.15, 0.2) is 65.8 Å². The number of hydrogen-bond acceptors (Lipinski definition) is 7. The molecule has 1 aliphatic carbocycles. The van der Waals surface area contributed by atoms with E-state index in [1.165, 1.54) is 17.2 Å². The Hall–Kier alpha value is -4.12. The molecule has 1 saturated heterocycles. The van der Waals surface area contributed by atoms with Gasteiger partial charge >= 0.3 is 16.6 Å². The van der Waals surface area contributed by atoms with Crippen molar-refractivity contribution in [1.29, 1.82) is 0 Å². The number of carbonyl (C=O) groups is 1. The van der Waals surface area contributed by atoms with E-state index in [2.05, 4.69) is 43.4 Å². The van der Waals surface area contributed by atoms with Crippen molar-refractivity contribution >= 4 is 22.3 Å². The summed E-state index contributed by atoms with van der Waals surface area (Å²) in [7, 11) is -5.25. The standard InChI is InChI=1S/C27H26FN5O5S/c1-18-19(14-20(30-31-29)15-26(18)38-39(28,35)36)16-32-10-12-33(13-11-32)27(34)37-17-25-23-8-4-2-6-21(23)22-7-3-5-9-24(22)25/h2-9,14-15,25H,10-13,16-17H2,1H3. The Labute approximate surface area is 225 Å². The molecule has 1 aliphatic heterocycles. The summed E-state index contributed by atoms with van der Waals surface area (Å²) in [5.41, 5.74) is 14.6. The molecule has 39 heavy (non-hydrogen) atoms. The summed E-state index contributed by atoms with van der Waals surface area (Å²) >= 11 is 0. The molecule has 0 atom stereocenters. The van der Waals surface area contributed by atoms with Crippen LogP contribution in [0.3, 0.4) is 0 Å². The van der Waals surface area contributed by atoms with Crippen LogP contribution in [0.1, 0.15) is 28.2 Å². The smallest absolute Gasteiger partial charge is 0.448 e. The van der Waals surface area contributed by atoms with E-state index < -0.39 is 10.5 Å². The monoisotopic (exact) mass is 551 g/mol. The molecule has 1 fully saturated rings. The highest BCUT2D eigenvalue weighted by molar-refractivity contribution is 7.81. The third-order valence-electron chi connectivity index (χ3n) is 7.16. The van der Waals surface area contributed by atoms with E-state index in [1.54, 1.807) is 17.9 Å². The highest BCUT2D eigenvalue weighted by Crippen LogP contribution is 2.44. The van der Waals surface area contributed by atoms with E-state index in [0.29, 0.717) is 43.9 Å². The predicted molar refractivity (Wildman–Crippen MR) is 143 cm³/mol. The van der Waals surface area contributed by atoms with Gasteiger partial charge in [0.2, 0.25) is 0 Å². The Morgan fingerprint density at radius 2 is 1.67 bits per heavy atom. The number of hydrogen-bond donors (Lipinski definition) is 0. The number of rotatable bonds is 7. The largest absolute Gasteiger partial charge is 0.488 e. The van der Waals surface area contributed by atoms with E-state index in [-0.39, 0.29) is 30.1 Å². The molecule has 0 unspecified atom stereocenters. The molecule has 0 radical (unpaired) electrons. The molecule has 3 aromatic rings. The van der Waals surface area contributed by atoms with Crippen molar-refractivity contribution < 1.29 is 26.0 Å². The first-order valence-corrected chi connectivity index (χ1v) is 13.7. The Kier molecular flexibility index (Phi) is 7.42. The van der Waals surface area contributed by atoms with Crippen LogP contribution in [-0.4, -0.2) is 57.1 Å². The van der Waals surface area contributed by atoms with E-state index in [9.17, 15) is 17.1 Å². The number of piperazine rings is 1. The van der Waals surface area contributed by atoms with Gasteiger partial charge in [0.05, 0.1) is 0 Å². The topological polar surface area (TPSA) is 125 Å². The van der Waals surface area contributed by atoms with Gasteiger partial charge in [-0.15, -0.1) is 0 Å². The minimum atomic E-state index is -5.25. The van der Waals surface area contributed by atoms with Crippen molar-refractivity contribution in [2.75, 3.05) is 32.8 Å². The zero-order chi connectivity index (χ0) is 27.6. The molecule has 0 saturated carbocycles. The number of benzene rings is 3. The number of ether oxygens (including phenoxy) is 1. The van der Waals surface area contributed by atoms with Crippen molar-refractivity contribution in [2.24, 2.45) is 5.11 Å². The van der Waals surface area contributed by atoms with Gasteiger partial charge in [-0.05, 0) is 58.0 Å². The zero-order valence-corrected chi connectivity index (χ0v) is 22.0. The van der Waals surface area contributed by atoms with Gasteiger partial charge in [-0.2, -0.15) is 8.42 Å². The van der Waals surface area contributed by atoms with E-state index in [1.807, 2.05) is 24.3 Å². The van der Waals surface area contributed by atoms with Gasteiger partial charge in [0.25, 0.3) is 0 Å². The van der Waals surface area contributed by atoms with Crippen molar-refractivity contribution in [3.05, 3.63) is 93.4 Å². The van der Waals surface area contributed by atoms with Gasteiger partial charge in [0.1, 0.15) is 12.4 Å². The number of fused-ring (bicyclic) bond motifs is 3. The first-order valence-electron chi connectivity index (χ1n) is 12.4. The number of amides is 1. The van der Waals surface area contributed by atoms with Crippen LogP contribution < -0.4 is 4.18 Å². The summed E-state index contributed by atoms with van der Waals surface area (Å²) < 4.78 is 45.5. The fraction of sp³-hybridized carbons (Fsp3) is 0.296. The van der Waals surface area contributed by atoms with Crippen molar-refractivity contribution in [2.45, 2.75) is 19.4 Å². The first-order chi connectivity index (χ1) is 18.7. The average molecular weight is 552 g/mol. The summed E-state index contributed by atoms with van der Waals surface area (Å²) in [6.45, 7) is 4.16. The molecule has 2 aliphatic rings. The molecule has 0 spiro atoms. The zero-order valence-electron chi connectivity index (χ0n) is 21.2. The predicted octanol–water partition coefficient (Wildman–Crippen LogP) is 5.60. The van der Waals surface area contributed by atoms with Crippen LogP contribution in [0.2, 0.25) is 0 Å². The van der Waals surface area contributed by atoms with Gasteiger partial charge in [-0.1, -0.05) is 57.5 Å². The summed E-state index contributed by atoms with van der Waals surface area (Å²) in [5, 5.41) is 3.50. The molecule has 1 amide bonds. The lowest BCUT2D eigenvalue weighted by atomic mass is 9.98. The molecule has 1 heterocycles. The molecular formula is C27H26FN5O5S. The van der Waals surface area contributed by atoms with Crippen LogP contribution in [0.5, 0.6) is 5.75 Å². The van der Waals surface area contributed by atoms with Gasteiger partial charge in [0.15, 0.2) is 0 Å². The number of nitrogens with zero attached hydrogens (tertiary/aromatic N) is 5. The van der Waals surface area contributed by atoms with Crippen molar-refractivity contribution in [3.63, 3.8) is 0 Å². The third-order valence-corrected chi connectivity index (χ3v) is 7.54. The third kappa shape index (κ3) is 5.83. The normalized spacial score (nSPS) is 15.3. The molecule has 0 bridgehead atoms. The Morgan fingerprint density at radius 1 is 1.05 bits per heavy atom. The second-order valence-electron chi connectivity index (χ2n) is 9.46. The Bertz CT molecular complexity index is 1520. The highest BCUT2D eigenvalue weighted by atomic mass is 32.3. The number of carbonyl (C=O) groups excluding carboxylic acids is 1. The molecule has 5 rings (SSSR count). The molecule has 0 N–H and O–H groups in total. The van der Waals surface area contributed by atoms with E-state index in [4.69, 9.17) is 10.3 Å². The molecular weight excluding hydrogens is 525 g/mol. The molecule has 3 aromatic carbocycles. The molecule has 202 valence electrons. The Balaban J connectivity index is 1.20. The fourth-order valence-electron chi connectivity index (χ4n) is 5.21. The fourth-order valence-corrected chi connectivity index (χ4v) is 5.60. The molecule has 10 nitrogen and oxygen atoms in total. The number of halogens is 1.